The van der Waals surface area contributed by atoms with Crippen molar-refractivity contribution >= 4 is 39.1 Å². The van der Waals surface area contributed by atoms with Crippen LogP contribution in [0.25, 0.3) is 0 Å². The van der Waals surface area contributed by atoms with Gasteiger partial charge in [-0.05, 0) is 67.9 Å². The fourth-order valence-electron chi connectivity index (χ4n) is 2.82. The van der Waals surface area contributed by atoms with Gasteiger partial charge >= 0.3 is 0 Å². The Morgan fingerprint density at radius 2 is 1.45 bits per heavy atom. The van der Waals surface area contributed by atoms with Gasteiger partial charge in [0.05, 0.1) is 12.2 Å². The quantitative estimate of drug-likeness (QED) is 0.506. The second-order valence-corrected chi connectivity index (χ2v) is 7.29. The summed E-state index contributed by atoms with van der Waals surface area (Å²) in [7, 11) is 0. The van der Waals surface area contributed by atoms with Crippen LogP contribution in [0.3, 0.4) is 0 Å². The minimum Gasteiger partial charge on any atom is -0.493 e. The number of benzene rings is 3. The number of ether oxygens (including phenoxy) is 1. The van der Waals surface area contributed by atoms with Gasteiger partial charge in [-0.15, -0.1) is 0 Å². The molecule has 0 fully saturated rings. The van der Waals surface area contributed by atoms with Gasteiger partial charge in [-0.2, -0.15) is 0 Å². The second kappa shape index (κ2) is 9.39. The van der Waals surface area contributed by atoms with Crippen LogP contribution in [-0.2, 0) is 0 Å². The van der Waals surface area contributed by atoms with E-state index in [2.05, 4.69) is 26.6 Å². The van der Waals surface area contributed by atoms with Crippen molar-refractivity contribution in [3.05, 3.63) is 87.9 Å². The molecule has 0 aromatic heterocycles. The Labute approximate surface area is 178 Å². The van der Waals surface area contributed by atoms with E-state index in [1.807, 2.05) is 38.1 Å². The minimum absolute atomic E-state index is 0.171. The molecule has 0 saturated carbocycles. The third-order valence-corrected chi connectivity index (χ3v) is 4.77. The Kier molecular flexibility index (Phi) is 6.67. The molecular weight excluding hydrogens is 432 g/mol. The van der Waals surface area contributed by atoms with Gasteiger partial charge in [-0.25, -0.2) is 0 Å². The Morgan fingerprint density at radius 3 is 2.03 bits per heavy atom. The summed E-state index contributed by atoms with van der Waals surface area (Å²) >= 11 is 3.38. The number of hydrogen-bond acceptors (Lipinski definition) is 3. The van der Waals surface area contributed by atoms with Crippen molar-refractivity contribution in [2.75, 3.05) is 17.2 Å². The Morgan fingerprint density at radius 1 is 0.862 bits per heavy atom. The second-order valence-electron chi connectivity index (χ2n) is 6.37. The molecule has 29 heavy (non-hydrogen) atoms. The van der Waals surface area contributed by atoms with Crippen LogP contribution in [0.2, 0.25) is 0 Å². The number of hydrogen-bond donors (Lipinski definition) is 2. The van der Waals surface area contributed by atoms with Gasteiger partial charge in [0.1, 0.15) is 5.75 Å². The van der Waals surface area contributed by atoms with Crippen molar-refractivity contribution in [2.24, 2.45) is 0 Å². The number of halogens is 1. The zero-order chi connectivity index (χ0) is 20.8. The number of amides is 2. The highest BCUT2D eigenvalue weighted by atomic mass is 79.9. The molecule has 3 aromatic rings. The van der Waals surface area contributed by atoms with Crippen molar-refractivity contribution in [3.8, 4) is 5.75 Å². The predicted octanol–water partition coefficient (Wildman–Crippen LogP) is 5.66. The zero-order valence-corrected chi connectivity index (χ0v) is 17.7. The number of carbonyl (C=O) groups is 2. The van der Waals surface area contributed by atoms with E-state index in [0.717, 1.165) is 10.0 Å². The van der Waals surface area contributed by atoms with E-state index in [4.69, 9.17) is 4.74 Å². The molecule has 0 unspecified atom stereocenters. The molecule has 0 heterocycles. The van der Waals surface area contributed by atoms with E-state index in [1.165, 1.54) is 0 Å². The summed E-state index contributed by atoms with van der Waals surface area (Å²) < 4.78 is 6.33. The third kappa shape index (κ3) is 5.23. The molecule has 2 amide bonds. The molecule has 2 N–H and O–H groups in total. The molecule has 5 nitrogen and oxygen atoms in total. The number of aryl methyl sites for hydroxylation is 1. The van der Waals surface area contributed by atoms with E-state index < -0.39 is 0 Å². The molecule has 0 bridgehead atoms. The van der Waals surface area contributed by atoms with Crippen LogP contribution in [0.4, 0.5) is 11.4 Å². The molecule has 0 saturated heterocycles. The van der Waals surface area contributed by atoms with Crippen LogP contribution in [0, 0.1) is 6.92 Å². The molecule has 0 aliphatic heterocycles. The fraction of sp³-hybridized carbons (Fsp3) is 0.130. The first-order valence-electron chi connectivity index (χ1n) is 9.18. The minimum atomic E-state index is -0.272. The highest BCUT2D eigenvalue weighted by Crippen LogP contribution is 2.25. The molecule has 0 radical (unpaired) electrons. The standard InChI is InChI=1S/C23H21BrN2O3/c1-3-29-21-13-8-16(24)14-20(21)23(28)26-18-11-9-17(10-12-18)25-22(27)19-7-5-4-6-15(19)2/h4-14H,3H2,1-2H3,(H,25,27)(H,26,28). The predicted molar refractivity (Wildman–Crippen MR) is 119 cm³/mol. The number of nitrogens with one attached hydrogen (secondary N) is 2. The Balaban J connectivity index is 1.70. The SMILES string of the molecule is CCOc1ccc(Br)cc1C(=O)Nc1ccc(NC(=O)c2ccccc2C)cc1. The molecule has 0 aliphatic rings. The molecule has 6 heteroatoms. The smallest absolute Gasteiger partial charge is 0.259 e. The van der Waals surface area contributed by atoms with Crippen molar-refractivity contribution in [1.29, 1.82) is 0 Å². The summed E-state index contributed by atoms with van der Waals surface area (Å²) in [6.07, 6.45) is 0. The van der Waals surface area contributed by atoms with Gasteiger partial charge in [0, 0.05) is 21.4 Å². The molecular formula is C23H21BrN2O3. The Hall–Kier alpha value is -3.12. The maximum absolute atomic E-state index is 12.7. The summed E-state index contributed by atoms with van der Waals surface area (Å²) in [5.41, 5.74) is 3.24. The molecule has 3 aromatic carbocycles. The van der Waals surface area contributed by atoms with Gasteiger partial charge in [-0.1, -0.05) is 34.1 Å². The summed E-state index contributed by atoms with van der Waals surface area (Å²) in [5, 5.41) is 5.72. The maximum Gasteiger partial charge on any atom is 0.259 e. The third-order valence-electron chi connectivity index (χ3n) is 4.28. The normalized spacial score (nSPS) is 10.3. The highest BCUT2D eigenvalue weighted by molar-refractivity contribution is 9.10. The van der Waals surface area contributed by atoms with Gasteiger partial charge in [0.2, 0.25) is 0 Å². The van der Waals surface area contributed by atoms with Gasteiger partial charge < -0.3 is 15.4 Å². The largest absolute Gasteiger partial charge is 0.493 e. The monoisotopic (exact) mass is 452 g/mol. The molecule has 0 atom stereocenters. The summed E-state index contributed by atoms with van der Waals surface area (Å²) in [6.45, 7) is 4.23. The van der Waals surface area contributed by atoms with E-state index >= 15 is 0 Å². The molecule has 148 valence electrons. The first-order valence-corrected chi connectivity index (χ1v) is 9.98. The summed E-state index contributed by atoms with van der Waals surface area (Å²) in [4.78, 5) is 25.1. The highest BCUT2D eigenvalue weighted by Gasteiger charge is 2.14. The zero-order valence-electron chi connectivity index (χ0n) is 16.2. The first kappa shape index (κ1) is 20.6. The van der Waals surface area contributed by atoms with E-state index in [0.29, 0.717) is 34.9 Å². The van der Waals surface area contributed by atoms with Crippen LogP contribution in [0.5, 0.6) is 5.75 Å². The van der Waals surface area contributed by atoms with Gasteiger partial charge in [-0.3, -0.25) is 9.59 Å². The van der Waals surface area contributed by atoms with E-state index in [-0.39, 0.29) is 11.8 Å². The molecule has 0 spiro atoms. The number of rotatable bonds is 6. The summed E-state index contributed by atoms with van der Waals surface area (Å²) in [5.74, 6) is 0.0807. The van der Waals surface area contributed by atoms with Crippen LogP contribution in [0.15, 0.2) is 71.2 Å². The molecule has 0 aliphatic carbocycles. The average molecular weight is 453 g/mol. The van der Waals surface area contributed by atoms with Crippen LogP contribution < -0.4 is 15.4 Å². The van der Waals surface area contributed by atoms with Gasteiger partial charge in [0.15, 0.2) is 0 Å². The summed E-state index contributed by atoms with van der Waals surface area (Å²) in [6, 6.07) is 19.7. The lowest BCUT2D eigenvalue weighted by Crippen LogP contribution is -2.15. The fourth-order valence-corrected chi connectivity index (χ4v) is 3.18. The van der Waals surface area contributed by atoms with E-state index in [9.17, 15) is 9.59 Å². The van der Waals surface area contributed by atoms with Gasteiger partial charge in [0.25, 0.3) is 11.8 Å². The lowest BCUT2D eigenvalue weighted by atomic mass is 10.1. The van der Waals surface area contributed by atoms with Crippen LogP contribution in [-0.4, -0.2) is 18.4 Å². The van der Waals surface area contributed by atoms with Crippen molar-refractivity contribution in [3.63, 3.8) is 0 Å². The topological polar surface area (TPSA) is 67.4 Å². The van der Waals surface area contributed by atoms with E-state index in [1.54, 1.807) is 42.5 Å². The Bertz CT molecular complexity index is 1030. The lowest BCUT2D eigenvalue weighted by Gasteiger charge is -2.12. The van der Waals surface area contributed by atoms with Crippen LogP contribution >= 0.6 is 15.9 Å². The number of carbonyl (C=O) groups excluding carboxylic acids is 2. The van der Waals surface area contributed by atoms with Crippen molar-refractivity contribution < 1.29 is 14.3 Å². The lowest BCUT2D eigenvalue weighted by molar-refractivity contribution is 0.101. The van der Waals surface area contributed by atoms with Crippen molar-refractivity contribution in [1.82, 2.24) is 0 Å². The number of anilines is 2. The van der Waals surface area contributed by atoms with Crippen molar-refractivity contribution in [2.45, 2.75) is 13.8 Å². The average Bonchev–Trinajstić information content (AvgIpc) is 2.71. The maximum atomic E-state index is 12.7. The molecule has 3 rings (SSSR count). The first-order chi connectivity index (χ1) is 14.0. The van der Waals surface area contributed by atoms with Crippen LogP contribution in [0.1, 0.15) is 33.2 Å².